The Morgan fingerprint density at radius 2 is 1.83 bits per heavy atom. The number of alkyl halides is 1. The lowest BCUT2D eigenvalue weighted by atomic mass is 10.5. The van der Waals surface area contributed by atoms with Crippen molar-refractivity contribution in [3.05, 3.63) is 0 Å². The third kappa shape index (κ3) is 3.57. The first kappa shape index (κ1) is 11.2. The molecule has 0 rings (SSSR count). The standard InChI is InChI=1S/C7H13ClN2O2/c1-3-10(4-2)7(12)9-6(11)5-8/h3-5H2,1-2H3,(H,9,11,12). The van der Waals surface area contributed by atoms with Gasteiger partial charge in [-0.1, -0.05) is 0 Å². The van der Waals surface area contributed by atoms with Gasteiger partial charge in [0.1, 0.15) is 5.88 Å². The molecule has 0 atom stereocenters. The second-order valence-corrected chi connectivity index (χ2v) is 2.43. The van der Waals surface area contributed by atoms with Crippen LogP contribution in [0.2, 0.25) is 0 Å². The smallest absolute Gasteiger partial charge is 0.324 e. The number of rotatable bonds is 3. The van der Waals surface area contributed by atoms with E-state index in [0.29, 0.717) is 13.1 Å². The number of halogens is 1. The number of carbonyl (C=O) groups is 2. The Labute approximate surface area is 76.9 Å². The van der Waals surface area contributed by atoms with Gasteiger partial charge < -0.3 is 4.90 Å². The van der Waals surface area contributed by atoms with Crippen molar-refractivity contribution in [3.8, 4) is 0 Å². The van der Waals surface area contributed by atoms with E-state index in [1.807, 2.05) is 13.8 Å². The summed E-state index contributed by atoms with van der Waals surface area (Å²) in [6, 6.07) is -0.384. The van der Waals surface area contributed by atoms with Crippen LogP contribution in [0.15, 0.2) is 0 Å². The molecule has 0 aliphatic heterocycles. The van der Waals surface area contributed by atoms with Gasteiger partial charge in [-0.3, -0.25) is 10.1 Å². The highest BCUT2D eigenvalue weighted by Crippen LogP contribution is 1.88. The van der Waals surface area contributed by atoms with Gasteiger partial charge in [0.2, 0.25) is 5.91 Å². The molecule has 0 bridgehead atoms. The van der Waals surface area contributed by atoms with Crippen molar-refractivity contribution in [2.45, 2.75) is 13.8 Å². The van der Waals surface area contributed by atoms with Crippen LogP contribution >= 0.6 is 11.6 Å². The molecule has 0 aliphatic carbocycles. The van der Waals surface area contributed by atoms with Crippen molar-refractivity contribution in [1.82, 2.24) is 10.2 Å². The average Bonchev–Trinajstić information content (AvgIpc) is 2.06. The molecule has 70 valence electrons. The van der Waals surface area contributed by atoms with Gasteiger partial charge in [-0.2, -0.15) is 0 Å². The van der Waals surface area contributed by atoms with E-state index in [-0.39, 0.29) is 11.9 Å². The molecule has 0 unspecified atom stereocenters. The number of imide groups is 1. The molecule has 0 aromatic carbocycles. The lowest BCUT2D eigenvalue weighted by Crippen LogP contribution is -2.43. The zero-order chi connectivity index (χ0) is 9.56. The molecule has 1 N–H and O–H groups in total. The number of nitrogens with zero attached hydrogens (tertiary/aromatic N) is 1. The molecular formula is C7H13ClN2O2. The molecular weight excluding hydrogens is 180 g/mol. The first-order valence-electron chi connectivity index (χ1n) is 3.80. The summed E-state index contributed by atoms with van der Waals surface area (Å²) in [5.41, 5.74) is 0. The molecule has 0 saturated heterocycles. The van der Waals surface area contributed by atoms with Crippen molar-refractivity contribution >= 4 is 23.5 Å². The van der Waals surface area contributed by atoms with Gasteiger partial charge in [0, 0.05) is 13.1 Å². The fourth-order valence-corrected chi connectivity index (χ4v) is 0.809. The third-order valence-electron chi connectivity index (χ3n) is 1.42. The molecule has 0 aromatic heterocycles. The number of urea groups is 1. The van der Waals surface area contributed by atoms with Crippen LogP contribution in [0.3, 0.4) is 0 Å². The topological polar surface area (TPSA) is 49.4 Å². The maximum absolute atomic E-state index is 11.1. The van der Waals surface area contributed by atoms with E-state index in [1.165, 1.54) is 4.90 Å². The number of hydrogen-bond acceptors (Lipinski definition) is 2. The molecule has 4 nitrogen and oxygen atoms in total. The quantitative estimate of drug-likeness (QED) is 0.673. The molecule has 0 aliphatic rings. The van der Waals surface area contributed by atoms with Gasteiger partial charge in [-0.05, 0) is 13.8 Å². The maximum atomic E-state index is 11.1. The molecule has 0 radical (unpaired) electrons. The zero-order valence-corrected chi connectivity index (χ0v) is 8.02. The second kappa shape index (κ2) is 5.83. The Morgan fingerprint density at radius 3 is 2.17 bits per heavy atom. The van der Waals surface area contributed by atoms with Crippen molar-refractivity contribution in [1.29, 1.82) is 0 Å². The summed E-state index contributed by atoms with van der Waals surface area (Å²) >= 11 is 5.20. The Hall–Kier alpha value is -0.770. The van der Waals surface area contributed by atoms with Crippen LogP contribution in [0.1, 0.15) is 13.8 Å². The van der Waals surface area contributed by atoms with E-state index >= 15 is 0 Å². The average molecular weight is 193 g/mol. The van der Waals surface area contributed by atoms with Crippen molar-refractivity contribution in [3.63, 3.8) is 0 Å². The van der Waals surface area contributed by atoms with Crippen molar-refractivity contribution in [2.24, 2.45) is 0 Å². The van der Waals surface area contributed by atoms with Gasteiger partial charge >= 0.3 is 6.03 Å². The minimum absolute atomic E-state index is 0.187. The summed E-state index contributed by atoms with van der Waals surface area (Å²) < 4.78 is 0. The van der Waals surface area contributed by atoms with Gasteiger partial charge in [0.15, 0.2) is 0 Å². The van der Waals surface area contributed by atoms with E-state index in [1.54, 1.807) is 0 Å². The minimum atomic E-state index is -0.464. The summed E-state index contributed by atoms with van der Waals surface area (Å²) in [6.07, 6.45) is 0. The van der Waals surface area contributed by atoms with Crippen LogP contribution in [-0.4, -0.2) is 35.8 Å². The van der Waals surface area contributed by atoms with Crippen molar-refractivity contribution in [2.75, 3.05) is 19.0 Å². The lowest BCUT2D eigenvalue weighted by molar-refractivity contribution is -0.117. The Bertz CT molecular complexity index is 169. The summed E-state index contributed by atoms with van der Waals surface area (Å²) in [5.74, 6) is -0.652. The highest BCUT2D eigenvalue weighted by Gasteiger charge is 2.11. The first-order valence-corrected chi connectivity index (χ1v) is 4.33. The number of nitrogens with one attached hydrogen (secondary N) is 1. The van der Waals surface area contributed by atoms with Crippen LogP contribution in [0.4, 0.5) is 4.79 Å². The molecule has 0 spiro atoms. The number of carbonyl (C=O) groups excluding carboxylic acids is 2. The fraction of sp³-hybridized carbons (Fsp3) is 0.714. The summed E-state index contributed by atoms with van der Waals surface area (Å²) in [4.78, 5) is 23.3. The van der Waals surface area contributed by atoms with Gasteiger partial charge in [-0.15, -0.1) is 11.6 Å². The number of amides is 3. The van der Waals surface area contributed by atoms with Gasteiger partial charge in [-0.25, -0.2) is 4.79 Å². The predicted octanol–water partition coefficient (Wildman–Crippen LogP) is 0.803. The van der Waals surface area contributed by atoms with E-state index < -0.39 is 5.91 Å². The van der Waals surface area contributed by atoms with Crippen LogP contribution in [0.5, 0.6) is 0 Å². The van der Waals surface area contributed by atoms with Crippen LogP contribution in [0, 0.1) is 0 Å². The third-order valence-corrected chi connectivity index (χ3v) is 1.66. The number of hydrogen-bond donors (Lipinski definition) is 1. The molecule has 0 fully saturated rings. The summed E-state index contributed by atoms with van der Waals surface area (Å²) in [5, 5.41) is 2.15. The molecule has 0 heterocycles. The SMILES string of the molecule is CCN(CC)C(=O)NC(=O)CCl. The largest absolute Gasteiger partial charge is 0.325 e. The highest BCUT2D eigenvalue weighted by molar-refractivity contribution is 6.28. The van der Waals surface area contributed by atoms with E-state index in [4.69, 9.17) is 11.6 Å². The Morgan fingerprint density at radius 1 is 1.33 bits per heavy atom. The zero-order valence-electron chi connectivity index (χ0n) is 7.26. The van der Waals surface area contributed by atoms with Crippen LogP contribution in [0.25, 0.3) is 0 Å². The van der Waals surface area contributed by atoms with Gasteiger partial charge in [0.05, 0.1) is 0 Å². The maximum Gasteiger partial charge on any atom is 0.324 e. The van der Waals surface area contributed by atoms with Crippen LogP contribution < -0.4 is 5.32 Å². The Kier molecular flexibility index (Phi) is 5.45. The second-order valence-electron chi connectivity index (χ2n) is 2.16. The first-order chi connectivity index (χ1) is 5.65. The molecule has 0 saturated carbocycles. The molecule has 0 aromatic rings. The normalized spacial score (nSPS) is 9.25. The van der Waals surface area contributed by atoms with E-state index in [0.717, 1.165) is 0 Å². The monoisotopic (exact) mass is 192 g/mol. The van der Waals surface area contributed by atoms with E-state index in [9.17, 15) is 9.59 Å². The lowest BCUT2D eigenvalue weighted by Gasteiger charge is -2.17. The summed E-state index contributed by atoms with van der Waals surface area (Å²) in [6.45, 7) is 4.85. The van der Waals surface area contributed by atoms with Crippen LogP contribution in [-0.2, 0) is 4.79 Å². The highest BCUT2D eigenvalue weighted by atomic mass is 35.5. The predicted molar refractivity (Wildman–Crippen MR) is 47.2 cm³/mol. The fourth-order valence-electron chi connectivity index (χ4n) is 0.743. The molecule has 5 heteroatoms. The molecule has 3 amide bonds. The summed E-state index contributed by atoms with van der Waals surface area (Å²) in [7, 11) is 0. The van der Waals surface area contributed by atoms with Crippen molar-refractivity contribution < 1.29 is 9.59 Å². The molecule has 12 heavy (non-hydrogen) atoms. The minimum Gasteiger partial charge on any atom is -0.325 e. The van der Waals surface area contributed by atoms with E-state index in [2.05, 4.69) is 5.32 Å². The Balaban J connectivity index is 3.92. The van der Waals surface area contributed by atoms with Gasteiger partial charge in [0.25, 0.3) is 0 Å².